The van der Waals surface area contributed by atoms with Crippen LogP contribution in [0.4, 0.5) is 18.9 Å². The van der Waals surface area contributed by atoms with Crippen LogP contribution in [0.15, 0.2) is 71.6 Å². The fraction of sp³-hybridized carbons (Fsp3) is 0.269. The van der Waals surface area contributed by atoms with Gasteiger partial charge in [0.05, 0.1) is 22.7 Å². The second-order valence-electron chi connectivity index (χ2n) is 8.43. The van der Waals surface area contributed by atoms with Gasteiger partial charge in [0, 0.05) is 6.42 Å². The van der Waals surface area contributed by atoms with E-state index in [1.807, 2.05) is 31.2 Å². The van der Waals surface area contributed by atoms with Crippen molar-refractivity contribution in [1.29, 1.82) is 0 Å². The Morgan fingerprint density at radius 1 is 1.08 bits per heavy atom. The fourth-order valence-electron chi connectivity index (χ4n) is 4.21. The number of nitrogens with zero attached hydrogens (tertiary/aromatic N) is 1. The summed E-state index contributed by atoms with van der Waals surface area (Å²) in [5.74, 6) is -0.854. The van der Waals surface area contributed by atoms with Gasteiger partial charge in [-0.2, -0.15) is 13.2 Å². The van der Waals surface area contributed by atoms with E-state index in [9.17, 15) is 26.4 Å². The lowest BCUT2D eigenvalue weighted by Crippen LogP contribution is -2.43. The topological polar surface area (TPSA) is 83.9 Å². The molecule has 0 bridgehead atoms. The number of carboxylic acid groups (broad SMARTS) is 1. The summed E-state index contributed by atoms with van der Waals surface area (Å²) in [6.45, 7) is 1.76. The van der Waals surface area contributed by atoms with Gasteiger partial charge in [0.15, 0.2) is 0 Å². The molecule has 3 aromatic rings. The van der Waals surface area contributed by atoms with E-state index < -0.39 is 38.7 Å². The second kappa shape index (κ2) is 9.85. The number of hydrogen-bond donors (Lipinski definition) is 1. The number of ether oxygens (including phenoxy) is 1. The van der Waals surface area contributed by atoms with E-state index in [0.29, 0.717) is 6.07 Å². The Balaban J connectivity index is 1.83. The lowest BCUT2D eigenvalue weighted by atomic mass is 9.97. The highest BCUT2D eigenvalue weighted by atomic mass is 32.2. The second-order valence-corrected chi connectivity index (χ2v) is 10.3. The zero-order valence-corrected chi connectivity index (χ0v) is 20.1. The lowest BCUT2D eigenvalue weighted by molar-refractivity contribution is -0.138. The van der Waals surface area contributed by atoms with Crippen LogP contribution in [-0.4, -0.2) is 32.1 Å². The number of carbonyl (C=O) groups is 1. The van der Waals surface area contributed by atoms with Crippen LogP contribution in [0.3, 0.4) is 0 Å². The number of hydrogen-bond acceptors (Lipinski definition) is 4. The molecule has 0 radical (unpaired) electrons. The van der Waals surface area contributed by atoms with Gasteiger partial charge in [0.25, 0.3) is 10.0 Å². The van der Waals surface area contributed by atoms with Crippen LogP contribution in [0, 0.1) is 0 Å². The first-order valence-corrected chi connectivity index (χ1v) is 12.8. The van der Waals surface area contributed by atoms with Crippen LogP contribution in [0.5, 0.6) is 5.75 Å². The van der Waals surface area contributed by atoms with Crippen molar-refractivity contribution in [3.63, 3.8) is 0 Å². The summed E-state index contributed by atoms with van der Waals surface area (Å²) in [5, 5.41) is 9.07. The average molecular weight is 520 g/mol. The number of benzene rings is 3. The predicted octanol–water partition coefficient (Wildman–Crippen LogP) is 5.76. The Hall–Kier alpha value is -3.53. The van der Waals surface area contributed by atoms with Crippen LogP contribution in [0.2, 0.25) is 0 Å². The summed E-state index contributed by atoms with van der Waals surface area (Å²) in [6, 6.07) is 16.2. The minimum Gasteiger partial charge on any atom is -0.486 e. The predicted molar refractivity (Wildman–Crippen MR) is 129 cm³/mol. The zero-order chi connectivity index (χ0) is 26.1. The normalized spacial score (nSPS) is 15.8. The number of carboxylic acids is 1. The molecule has 36 heavy (non-hydrogen) atoms. The van der Waals surface area contributed by atoms with E-state index in [2.05, 4.69) is 0 Å². The van der Waals surface area contributed by atoms with Gasteiger partial charge in [-0.25, -0.2) is 8.42 Å². The zero-order valence-electron chi connectivity index (χ0n) is 19.3. The summed E-state index contributed by atoms with van der Waals surface area (Å²) >= 11 is 0. The van der Waals surface area contributed by atoms with E-state index in [1.165, 1.54) is 0 Å². The molecular formula is C26H24F3NO5S. The average Bonchev–Trinajstić information content (AvgIpc) is 2.86. The molecule has 1 aliphatic heterocycles. The fourth-order valence-corrected chi connectivity index (χ4v) is 5.76. The Labute approximate surface area is 207 Å². The minimum atomic E-state index is -4.71. The van der Waals surface area contributed by atoms with Crippen molar-refractivity contribution >= 4 is 21.7 Å². The Morgan fingerprint density at radius 3 is 2.53 bits per heavy atom. The largest absolute Gasteiger partial charge is 0.486 e. The van der Waals surface area contributed by atoms with Crippen LogP contribution < -0.4 is 9.04 Å². The number of halogens is 3. The van der Waals surface area contributed by atoms with Crippen LogP contribution >= 0.6 is 0 Å². The molecule has 1 heterocycles. The first-order valence-electron chi connectivity index (χ1n) is 11.3. The van der Waals surface area contributed by atoms with Crippen molar-refractivity contribution in [2.45, 2.75) is 43.4 Å². The van der Waals surface area contributed by atoms with Crippen molar-refractivity contribution in [3.05, 3.63) is 77.9 Å². The highest BCUT2D eigenvalue weighted by Gasteiger charge is 2.37. The maximum Gasteiger partial charge on any atom is 0.416 e. The van der Waals surface area contributed by atoms with E-state index in [1.54, 1.807) is 18.2 Å². The number of aryl methyl sites for hydroxylation is 1. The monoisotopic (exact) mass is 519 g/mol. The van der Waals surface area contributed by atoms with Crippen molar-refractivity contribution in [3.8, 4) is 16.9 Å². The molecule has 1 atom stereocenters. The molecule has 0 saturated carbocycles. The summed E-state index contributed by atoms with van der Waals surface area (Å²) < 4.78 is 74.2. The maximum atomic E-state index is 13.7. The SMILES string of the molecule is CCc1ccccc1-c1ccc2c(c1)N(S(=O)(=O)c1cccc(C(F)(F)F)c1)C[C@H](CCC(=O)O)O2. The molecule has 190 valence electrons. The van der Waals surface area contributed by atoms with Crippen molar-refractivity contribution in [1.82, 2.24) is 0 Å². The summed E-state index contributed by atoms with van der Waals surface area (Å²) in [6.07, 6.45) is -4.98. The Morgan fingerprint density at radius 2 is 1.83 bits per heavy atom. The molecule has 3 aromatic carbocycles. The minimum absolute atomic E-state index is 0.0316. The van der Waals surface area contributed by atoms with Crippen LogP contribution in [0.25, 0.3) is 11.1 Å². The van der Waals surface area contributed by atoms with Crippen molar-refractivity contribution < 1.29 is 36.2 Å². The number of sulfonamides is 1. The molecule has 0 fully saturated rings. The summed E-state index contributed by atoms with van der Waals surface area (Å²) in [5.41, 5.74) is 1.77. The third-order valence-electron chi connectivity index (χ3n) is 6.03. The molecule has 1 N–H and O–H groups in total. The summed E-state index contributed by atoms with van der Waals surface area (Å²) in [7, 11) is -4.44. The lowest BCUT2D eigenvalue weighted by Gasteiger charge is -2.36. The quantitative estimate of drug-likeness (QED) is 0.429. The van der Waals surface area contributed by atoms with Gasteiger partial charge in [0.1, 0.15) is 11.9 Å². The van der Waals surface area contributed by atoms with E-state index in [4.69, 9.17) is 9.84 Å². The van der Waals surface area contributed by atoms with Crippen LogP contribution in [0.1, 0.15) is 30.9 Å². The number of fused-ring (bicyclic) bond motifs is 1. The van der Waals surface area contributed by atoms with Crippen LogP contribution in [-0.2, 0) is 27.4 Å². The number of anilines is 1. The molecule has 0 amide bonds. The summed E-state index contributed by atoms with van der Waals surface area (Å²) in [4.78, 5) is 10.6. The number of rotatable bonds is 7. The maximum absolute atomic E-state index is 13.7. The first kappa shape index (κ1) is 25.6. The molecule has 0 unspecified atom stereocenters. The van der Waals surface area contributed by atoms with E-state index in [0.717, 1.165) is 45.6 Å². The Bertz CT molecular complexity index is 1390. The van der Waals surface area contributed by atoms with Gasteiger partial charge in [-0.1, -0.05) is 43.3 Å². The third kappa shape index (κ3) is 5.18. The molecule has 0 spiro atoms. The van der Waals surface area contributed by atoms with E-state index >= 15 is 0 Å². The standard InChI is InChI=1S/C26H24F3NO5S/c1-2-17-6-3-4-9-22(17)18-10-12-24-23(14-18)30(16-20(35-24)11-13-25(31)32)36(33,34)21-8-5-7-19(15-21)26(27,28)29/h3-10,12,14-15,20H,2,11,13,16H2,1H3,(H,31,32)/t20-/m0/s1. The molecule has 10 heteroatoms. The molecule has 4 rings (SSSR count). The smallest absolute Gasteiger partial charge is 0.416 e. The van der Waals surface area contributed by atoms with Gasteiger partial charge >= 0.3 is 12.1 Å². The highest BCUT2D eigenvalue weighted by Crippen LogP contribution is 2.41. The van der Waals surface area contributed by atoms with Crippen molar-refractivity contribution in [2.75, 3.05) is 10.8 Å². The number of aliphatic carboxylic acids is 1. The van der Waals surface area contributed by atoms with Gasteiger partial charge < -0.3 is 9.84 Å². The highest BCUT2D eigenvalue weighted by molar-refractivity contribution is 7.92. The third-order valence-corrected chi connectivity index (χ3v) is 7.81. The molecule has 0 saturated heterocycles. The van der Waals surface area contributed by atoms with Gasteiger partial charge in [-0.05, 0) is 59.9 Å². The van der Waals surface area contributed by atoms with Gasteiger partial charge in [-0.3, -0.25) is 9.10 Å². The molecular weight excluding hydrogens is 495 g/mol. The molecule has 0 aliphatic carbocycles. The van der Waals surface area contributed by atoms with E-state index in [-0.39, 0.29) is 30.8 Å². The van der Waals surface area contributed by atoms with Gasteiger partial charge in [-0.15, -0.1) is 0 Å². The molecule has 0 aromatic heterocycles. The van der Waals surface area contributed by atoms with Crippen molar-refractivity contribution in [2.24, 2.45) is 0 Å². The van der Waals surface area contributed by atoms with Gasteiger partial charge in [0.2, 0.25) is 0 Å². The number of alkyl halides is 3. The molecule has 1 aliphatic rings. The Kier molecular flexibility index (Phi) is 6.99. The first-order chi connectivity index (χ1) is 17.0. The molecule has 6 nitrogen and oxygen atoms in total.